The molecule has 0 bridgehead atoms. The number of benzene rings is 1. The van der Waals surface area contributed by atoms with E-state index in [-0.39, 0.29) is 0 Å². The minimum atomic E-state index is 0.560. The van der Waals surface area contributed by atoms with E-state index < -0.39 is 0 Å². The van der Waals surface area contributed by atoms with E-state index in [1.54, 1.807) is 0 Å². The Morgan fingerprint density at radius 2 is 2.24 bits per heavy atom. The molecular weight excluding hydrogens is 210 g/mol. The van der Waals surface area contributed by atoms with Crippen molar-refractivity contribution in [1.82, 2.24) is 4.90 Å². The molecule has 1 aromatic rings. The fraction of sp³-hybridized carbons (Fsp3) is 0.429. The first-order valence-electron chi connectivity index (χ1n) is 5.97. The van der Waals surface area contributed by atoms with Crippen LogP contribution in [0.3, 0.4) is 0 Å². The predicted molar refractivity (Wildman–Crippen MR) is 69.2 cm³/mol. The lowest BCUT2D eigenvalue weighted by Crippen LogP contribution is -2.05. The minimum Gasteiger partial charge on any atom is -0.295 e. The number of aliphatic imine (C=N–C) groups is 1. The monoisotopic (exact) mass is 227 g/mol. The highest BCUT2D eigenvalue weighted by Crippen LogP contribution is 2.17. The van der Waals surface area contributed by atoms with E-state index in [1.807, 2.05) is 6.21 Å². The number of aryl methyl sites for hydroxylation is 1. The second-order valence-electron chi connectivity index (χ2n) is 4.46. The van der Waals surface area contributed by atoms with Gasteiger partial charge in [0, 0.05) is 31.8 Å². The minimum absolute atomic E-state index is 0.560. The van der Waals surface area contributed by atoms with E-state index in [2.05, 4.69) is 47.2 Å². The van der Waals surface area contributed by atoms with Crippen LogP contribution in [0.15, 0.2) is 29.3 Å². The summed E-state index contributed by atoms with van der Waals surface area (Å²) in [6, 6.07) is 11.1. The molecule has 2 atom stereocenters. The van der Waals surface area contributed by atoms with Gasteiger partial charge in [0.1, 0.15) is 0 Å². The Kier molecular flexibility index (Phi) is 3.89. The fourth-order valence-corrected chi connectivity index (χ4v) is 1.80. The van der Waals surface area contributed by atoms with Crippen LogP contribution >= 0.6 is 0 Å². The van der Waals surface area contributed by atoms with Crippen molar-refractivity contribution in [3.8, 4) is 6.07 Å². The molecule has 1 fully saturated rings. The average Bonchev–Trinajstić information content (AvgIpc) is 3.08. The largest absolute Gasteiger partial charge is 0.295 e. The molecule has 3 heteroatoms. The van der Waals surface area contributed by atoms with Crippen molar-refractivity contribution in [3.63, 3.8) is 0 Å². The van der Waals surface area contributed by atoms with Crippen LogP contribution in [0.1, 0.15) is 17.5 Å². The number of nitriles is 1. The van der Waals surface area contributed by atoms with Crippen LogP contribution in [0.25, 0.3) is 0 Å². The van der Waals surface area contributed by atoms with Crippen LogP contribution in [-0.2, 0) is 0 Å². The van der Waals surface area contributed by atoms with Gasteiger partial charge in [-0.25, -0.2) is 0 Å². The molecule has 0 radical (unpaired) electrons. The quantitative estimate of drug-likeness (QED) is 0.570. The van der Waals surface area contributed by atoms with Gasteiger partial charge in [-0.15, -0.1) is 0 Å². The van der Waals surface area contributed by atoms with Gasteiger partial charge in [0.05, 0.1) is 12.6 Å². The molecular formula is C14H17N3. The standard InChI is InChI=1S/C14H17N3/c1-12-3-5-13(6-4-12)9-16-10-14-11-17(14)8-2-7-15/h3-6,9,14H,2,8,10-11H2,1H3/t14-,17?/m0/s1. The fourth-order valence-electron chi connectivity index (χ4n) is 1.80. The van der Waals surface area contributed by atoms with Crippen molar-refractivity contribution < 1.29 is 0 Å². The summed E-state index contributed by atoms with van der Waals surface area (Å²) in [4.78, 5) is 6.73. The number of nitrogens with zero attached hydrogens (tertiary/aromatic N) is 3. The third-order valence-electron chi connectivity index (χ3n) is 2.97. The lowest BCUT2D eigenvalue weighted by atomic mass is 10.2. The Hall–Kier alpha value is -1.66. The maximum absolute atomic E-state index is 8.47. The highest BCUT2D eigenvalue weighted by molar-refractivity contribution is 5.79. The molecule has 0 saturated carbocycles. The van der Waals surface area contributed by atoms with Crippen LogP contribution in [0.5, 0.6) is 0 Å². The first kappa shape index (κ1) is 11.8. The van der Waals surface area contributed by atoms with Gasteiger partial charge in [0.25, 0.3) is 0 Å². The molecule has 1 unspecified atom stereocenters. The molecule has 88 valence electrons. The van der Waals surface area contributed by atoms with Gasteiger partial charge in [0.2, 0.25) is 0 Å². The summed E-state index contributed by atoms with van der Waals surface area (Å²) in [6.45, 7) is 4.91. The molecule has 1 saturated heterocycles. The molecule has 0 spiro atoms. The lowest BCUT2D eigenvalue weighted by molar-refractivity contribution is 0.519. The molecule has 1 heterocycles. The Morgan fingerprint density at radius 1 is 1.47 bits per heavy atom. The van der Waals surface area contributed by atoms with Gasteiger partial charge in [0.15, 0.2) is 0 Å². The van der Waals surface area contributed by atoms with Gasteiger partial charge < -0.3 is 0 Å². The Balaban J connectivity index is 1.73. The van der Waals surface area contributed by atoms with Crippen molar-refractivity contribution in [2.45, 2.75) is 19.4 Å². The molecule has 3 nitrogen and oxygen atoms in total. The third-order valence-corrected chi connectivity index (χ3v) is 2.97. The van der Waals surface area contributed by atoms with E-state index in [0.29, 0.717) is 12.5 Å². The molecule has 0 aromatic heterocycles. The third kappa shape index (κ3) is 3.69. The van der Waals surface area contributed by atoms with Gasteiger partial charge in [-0.2, -0.15) is 5.26 Å². The van der Waals surface area contributed by atoms with Gasteiger partial charge in [-0.3, -0.25) is 9.89 Å². The predicted octanol–water partition coefficient (Wildman–Crippen LogP) is 2.01. The van der Waals surface area contributed by atoms with Crippen molar-refractivity contribution >= 4 is 6.21 Å². The van der Waals surface area contributed by atoms with Crippen LogP contribution in [-0.4, -0.2) is 36.8 Å². The summed E-state index contributed by atoms with van der Waals surface area (Å²) in [5.41, 5.74) is 2.42. The Bertz CT molecular complexity index is 428. The summed E-state index contributed by atoms with van der Waals surface area (Å²) in [7, 11) is 0. The van der Waals surface area contributed by atoms with Crippen molar-refractivity contribution in [1.29, 1.82) is 5.26 Å². The first-order chi connectivity index (χ1) is 8.29. The summed E-state index contributed by atoms with van der Waals surface area (Å²) in [5, 5.41) is 8.47. The summed E-state index contributed by atoms with van der Waals surface area (Å²) < 4.78 is 0. The van der Waals surface area contributed by atoms with E-state index in [1.165, 1.54) is 5.56 Å². The summed E-state index contributed by atoms with van der Waals surface area (Å²) >= 11 is 0. The van der Waals surface area contributed by atoms with Crippen LogP contribution in [0.4, 0.5) is 0 Å². The van der Waals surface area contributed by atoms with Crippen LogP contribution in [0.2, 0.25) is 0 Å². The molecule has 0 N–H and O–H groups in total. The average molecular weight is 227 g/mol. The van der Waals surface area contributed by atoms with E-state index in [4.69, 9.17) is 5.26 Å². The van der Waals surface area contributed by atoms with Crippen molar-refractivity contribution in [3.05, 3.63) is 35.4 Å². The zero-order valence-electron chi connectivity index (χ0n) is 10.1. The van der Waals surface area contributed by atoms with Crippen molar-refractivity contribution in [2.24, 2.45) is 4.99 Å². The molecule has 1 aliphatic rings. The number of hydrogen-bond acceptors (Lipinski definition) is 3. The highest BCUT2D eigenvalue weighted by Gasteiger charge is 2.32. The molecule has 2 rings (SSSR count). The molecule has 17 heavy (non-hydrogen) atoms. The molecule has 1 aromatic carbocycles. The van der Waals surface area contributed by atoms with Crippen LogP contribution in [0, 0.1) is 18.3 Å². The second-order valence-corrected chi connectivity index (χ2v) is 4.46. The van der Waals surface area contributed by atoms with Crippen molar-refractivity contribution in [2.75, 3.05) is 19.6 Å². The van der Waals surface area contributed by atoms with E-state index in [0.717, 1.165) is 25.2 Å². The maximum Gasteiger partial charge on any atom is 0.0635 e. The number of hydrogen-bond donors (Lipinski definition) is 0. The van der Waals surface area contributed by atoms with E-state index in [9.17, 15) is 0 Å². The maximum atomic E-state index is 8.47. The van der Waals surface area contributed by atoms with Gasteiger partial charge in [-0.1, -0.05) is 29.8 Å². The SMILES string of the molecule is Cc1ccc(C=NC[C@H]2CN2CCC#N)cc1. The van der Waals surface area contributed by atoms with Gasteiger partial charge in [-0.05, 0) is 12.5 Å². The summed E-state index contributed by atoms with van der Waals surface area (Å²) in [5.74, 6) is 0. The Morgan fingerprint density at radius 3 is 2.94 bits per heavy atom. The lowest BCUT2D eigenvalue weighted by Gasteiger charge is -1.97. The topological polar surface area (TPSA) is 39.2 Å². The summed E-state index contributed by atoms with van der Waals surface area (Å²) in [6.07, 6.45) is 2.55. The Labute approximate surface area is 102 Å². The zero-order chi connectivity index (χ0) is 12.1. The smallest absolute Gasteiger partial charge is 0.0635 e. The highest BCUT2D eigenvalue weighted by atomic mass is 15.3. The van der Waals surface area contributed by atoms with Gasteiger partial charge >= 0.3 is 0 Å². The number of rotatable bonds is 5. The molecule has 0 amide bonds. The first-order valence-corrected chi connectivity index (χ1v) is 5.97. The zero-order valence-corrected chi connectivity index (χ0v) is 10.1. The van der Waals surface area contributed by atoms with Crippen LogP contribution < -0.4 is 0 Å². The molecule has 0 aliphatic carbocycles. The second kappa shape index (κ2) is 5.60. The molecule has 1 aliphatic heterocycles. The normalized spacial score (nSPS) is 22.6. The van der Waals surface area contributed by atoms with E-state index >= 15 is 0 Å².